The van der Waals surface area contributed by atoms with Crippen LogP contribution in [0.25, 0.3) is 0 Å². The van der Waals surface area contributed by atoms with Crippen molar-refractivity contribution in [2.75, 3.05) is 0 Å². The summed E-state index contributed by atoms with van der Waals surface area (Å²) in [6.07, 6.45) is 3.07. The van der Waals surface area contributed by atoms with Crippen molar-refractivity contribution in [1.29, 1.82) is 0 Å². The fourth-order valence-electron chi connectivity index (χ4n) is 1.25. The number of hydrogen-bond acceptors (Lipinski definition) is 5. The Labute approximate surface area is 114 Å². The average Bonchev–Trinajstić information content (AvgIpc) is 3.04. The van der Waals surface area contributed by atoms with Crippen LogP contribution in [0.2, 0.25) is 0 Å². The highest BCUT2D eigenvalue weighted by Crippen LogP contribution is 1.98. The molecule has 0 saturated heterocycles. The van der Waals surface area contributed by atoms with Gasteiger partial charge in [-0.25, -0.2) is 0 Å². The molecule has 2 aromatic rings. The van der Waals surface area contributed by atoms with Crippen LogP contribution in [0.1, 0.15) is 16.2 Å². The number of hydrazine groups is 1. The van der Waals surface area contributed by atoms with Gasteiger partial charge in [-0.05, 0) is 24.4 Å². The Morgan fingerprint density at radius 2 is 2.37 bits per heavy atom. The number of carbonyl (C=O) groups is 1. The van der Waals surface area contributed by atoms with E-state index in [-0.39, 0.29) is 10.8 Å². The number of nitrogens with zero attached hydrogens (tertiary/aromatic N) is 3. The number of aryl methyl sites for hydroxylation is 1. The quantitative estimate of drug-likeness (QED) is 0.525. The van der Waals surface area contributed by atoms with Crippen LogP contribution in [-0.4, -0.2) is 26.0 Å². The summed E-state index contributed by atoms with van der Waals surface area (Å²) in [6, 6.07) is 3.59. The molecular weight excluding hydrogens is 268 g/mol. The van der Waals surface area contributed by atoms with Gasteiger partial charge in [-0.2, -0.15) is 0 Å². The van der Waals surface area contributed by atoms with E-state index < -0.39 is 5.91 Å². The molecule has 0 aliphatic rings. The lowest BCUT2D eigenvalue weighted by atomic mass is 10.4. The molecule has 0 aliphatic carbocycles. The summed E-state index contributed by atoms with van der Waals surface area (Å²) in [4.78, 5) is 11.6. The Morgan fingerprint density at radius 3 is 3.00 bits per heavy atom. The second kappa shape index (κ2) is 5.96. The van der Waals surface area contributed by atoms with Crippen LogP contribution in [-0.2, 0) is 13.6 Å². The summed E-state index contributed by atoms with van der Waals surface area (Å²) >= 11 is 4.98. The maximum atomic E-state index is 11.6. The van der Waals surface area contributed by atoms with Crippen LogP contribution in [0.4, 0.5) is 0 Å². The number of rotatable bonds is 3. The summed E-state index contributed by atoms with van der Waals surface area (Å²) in [6.45, 7) is 0.430. The van der Waals surface area contributed by atoms with Crippen molar-refractivity contribution in [3.05, 3.63) is 36.0 Å². The van der Waals surface area contributed by atoms with Gasteiger partial charge >= 0.3 is 0 Å². The smallest absolute Gasteiger partial charge is 0.291 e. The molecule has 8 nitrogen and oxygen atoms in total. The van der Waals surface area contributed by atoms with E-state index in [4.69, 9.17) is 16.6 Å². The SMILES string of the molecule is Cn1cc(C(=O)NNC(=S)NCc2ccco2)nn1. The molecule has 0 aliphatic heterocycles. The van der Waals surface area contributed by atoms with Gasteiger partial charge < -0.3 is 9.73 Å². The van der Waals surface area contributed by atoms with E-state index in [9.17, 15) is 4.79 Å². The molecule has 2 aromatic heterocycles. The maximum Gasteiger partial charge on any atom is 0.291 e. The molecule has 100 valence electrons. The van der Waals surface area contributed by atoms with Crippen molar-refractivity contribution < 1.29 is 9.21 Å². The minimum atomic E-state index is -0.421. The first-order valence-electron chi connectivity index (χ1n) is 5.38. The molecule has 9 heteroatoms. The fourth-order valence-corrected chi connectivity index (χ4v) is 1.38. The highest BCUT2D eigenvalue weighted by Gasteiger charge is 2.09. The Bertz CT molecular complexity index is 564. The molecule has 0 bridgehead atoms. The Hall–Kier alpha value is -2.42. The zero-order chi connectivity index (χ0) is 13.7. The predicted octanol–water partition coefficient (Wildman–Crippen LogP) is -0.283. The van der Waals surface area contributed by atoms with Gasteiger partial charge in [-0.1, -0.05) is 5.21 Å². The van der Waals surface area contributed by atoms with E-state index in [1.807, 2.05) is 6.07 Å². The molecule has 0 aromatic carbocycles. The summed E-state index contributed by atoms with van der Waals surface area (Å²) in [5, 5.41) is 10.5. The van der Waals surface area contributed by atoms with Crippen molar-refractivity contribution >= 4 is 23.2 Å². The standard InChI is InChI=1S/C10H12N6O2S/c1-16-6-8(12-15-16)9(17)13-14-10(19)11-5-7-3-2-4-18-7/h2-4,6H,5H2,1H3,(H,13,17)(H2,11,14,19). The third kappa shape index (κ3) is 3.78. The van der Waals surface area contributed by atoms with Gasteiger partial charge in [-0.15, -0.1) is 5.10 Å². The van der Waals surface area contributed by atoms with Crippen LogP contribution in [0.3, 0.4) is 0 Å². The second-order valence-electron chi connectivity index (χ2n) is 3.62. The number of amides is 1. The molecule has 2 rings (SSSR count). The highest BCUT2D eigenvalue weighted by molar-refractivity contribution is 7.80. The summed E-state index contributed by atoms with van der Waals surface area (Å²) in [5.74, 6) is 0.319. The van der Waals surface area contributed by atoms with Crippen molar-refractivity contribution in [3.8, 4) is 0 Å². The zero-order valence-electron chi connectivity index (χ0n) is 10.1. The van der Waals surface area contributed by atoms with E-state index in [1.165, 1.54) is 10.9 Å². The van der Waals surface area contributed by atoms with E-state index in [0.717, 1.165) is 5.76 Å². The first-order valence-corrected chi connectivity index (χ1v) is 5.79. The largest absolute Gasteiger partial charge is 0.467 e. The van der Waals surface area contributed by atoms with Gasteiger partial charge in [0.15, 0.2) is 10.8 Å². The molecule has 19 heavy (non-hydrogen) atoms. The third-order valence-electron chi connectivity index (χ3n) is 2.13. The molecule has 0 unspecified atom stereocenters. The number of thiocarbonyl (C=S) groups is 1. The number of hydrogen-bond donors (Lipinski definition) is 3. The normalized spacial score (nSPS) is 9.95. The highest BCUT2D eigenvalue weighted by atomic mass is 32.1. The monoisotopic (exact) mass is 280 g/mol. The van der Waals surface area contributed by atoms with Crippen molar-refractivity contribution in [3.63, 3.8) is 0 Å². The Balaban J connectivity index is 1.73. The van der Waals surface area contributed by atoms with Gasteiger partial charge in [0.2, 0.25) is 0 Å². The number of carbonyl (C=O) groups excluding carboxylic acids is 1. The van der Waals surface area contributed by atoms with E-state index >= 15 is 0 Å². The lowest BCUT2D eigenvalue weighted by molar-refractivity contribution is 0.0938. The third-order valence-corrected chi connectivity index (χ3v) is 2.37. The van der Waals surface area contributed by atoms with Gasteiger partial charge in [-0.3, -0.25) is 20.3 Å². The topological polar surface area (TPSA) is 97.0 Å². The van der Waals surface area contributed by atoms with Crippen LogP contribution in [0.5, 0.6) is 0 Å². The van der Waals surface area contributed by atoms with E-state index in [0.29, 0.717) is 6.54 Å². The van der Waals surface area contributed by atoms with Crippen molar-refractivity contribution in [1.82, 2.24) is 31.2 Å². The number of nitrogens with one attached hydrogen (secondary N) is 3. The van der Waals surface area contributed by atoms with Crippen LogP contribution < -0.4 is 16.2 Å². The van der Waals surface area contributed by atoms with Crippen molar-refractivity contribution in [2.24, 2.45) is 7.05 Å². The maximum absolute atomic E-state index is 11.6. The average molecular weight is 280 g/mol. The molecule has 0 spiro atoms. The van der Waals surface area contributed by atoms with Gasteiger partial charge in [0, 0.05) is 7.05 Å². The van der Waals surface area contributed by atoms with Crippen LogP contribution >= 0.6 is 12.2 Å². The minimum Gasteiger partial charge on any atom is -0.467 e. The van der Waals surface area contributed by atoms with Gasteiger partial charge in [0.25, 0.3) is 5.91 Å². The molecular formula is C10H12N6O2S. The van der Waals surface area contributed by atoms with E-state index in [1.54, 1.807) is 19.4 Å². The summed E-state index contributed by atoms with van der Waals surface area (Å²) < 4.78 is 6.56. The number of aromatic nitrogens is 3. The Morgan fingerprint density at radius 1 is 1.53 bits per heavy atom. The first kappa shape index (κ1) is 13.0. The molecule has 2 heterocycles. The lowest BCUT2D eigenvalue weighted by Gasteiger charge is -2.09. The predicted molar refractivity (Wildman–Crippen MR) is 69.8 cm³/mol. The summed E-state index contributed by atoms with van der Waals surface area (Å²) in [5.41, 5.74) is 5.16. The van der Waals surface area contributed by atoms with Gasteiger partial charge in [0.1, 0.15) is 5.76 Å². The van der Waals surface area contributed by atoms with Gasteiger partial charge in [0.05, 0.1) is 19.0 Å². The number of furan rings is 1. The molecule has 0 saturated carbocycles. The lowest BCUT2D eigenvalue weighted by Crippen LogP contribution is -2.46. The molecule has 0 radical (unpaired) electrons. The molecule has 0 atom stereocenters. The zero-order valence-corrected chi connectivity index (χ0v) is 10.9. The van der Waals surface area contributed by atoms with Crippen molar-refractivity contribution in [2.45, 2.75) is 6.54 Å². The minimum absolute atomic E-state index is 0.198. The Kier molecular flexibility index (Phi) is 4.08. The fraction of sp³-hybridized carbons (Fsp3) is 0.200. The molecule has 3 N–H and O–H groups in total. The first-order chi connectivity index (χ1) is 9.15. The molecule has 1 amide bonds. The van der Waals surface area contributed by atoms with Crippen LogP contribution in [0, 0.1) is 0 Å². The van der Waals surface area contributed by atoms with Crippen LogP contribution in [0.15, 0.2) is 29.0 Å². The second-order valence-corrected chi connectivity index (χ2v) is 4.03. The molecule has 0 fully saturated rings. The van der Waals surface area contributed by atoms with E-state index in [2.05, 4.69) is 26.5 Å². The summed E-state index contributed by atoms with van der Waals surface area (Å²) in [7, 11) is 1.67.